The zero-order valence-electron chi connectivity index (χ0n) is 13.6. The normalized spacial score (nSPS) is 12.3. The van der Waals surface area contributed by atoms with Crippen molar-refractivity contribution >= 4 is 34.5 Å². The summed E-state index contributed by atoms with van der Waals surface area (Å²) >= 11 is 2.08. The van der Waals surface area contributed by atoms with E-state index in [-0.39, 0.29) is 6.42 Å². The molecule has 2 aromatic rings. The number of methoxy groups -OCH3 is 1. The highest BCUT2D eigenvalue weighted by Crippen LogP contribution is 2.31. The third-order valence-corrected chi connectivity index (χ3v) is 4.70. The number of carbonyl (C=O) groups excluding carboxylic acids is 2. The minimum Gasteiger partial charge on any atom is -0.467 e. The van der Waals surface area contributed by atoms with Crippen LogP contribution in [0, 0.1) is 3.57 Å². The number of hydrogen-bond donors (Lipinski definition) is 1. The Morgan fingerprint density at radius 1 is 1.12 bits per heavy atom. The zero-order chi connectivity index (χ0) is 19.3. The Hall–Kier alpha value is -2.10. The molecule has 8 heteroatoms. The van der Waals surface area contributed by atoms with Gasteiger partial charge in [0.2, 0.25) is 0 Å². The Labute approximate surface area is 161 Å². The highest BCUT2D eigenvalue weighted by atomic mass is 127. The monoisotopic (exact) mass is 477 g/mol. The van der Waals surface area contributed by atoms with Crippen molar-refractivity contribution in [1.82, 2.24) is 5.32 Å². The van der Waals surface area contributed by atoms with Crippen molar-refractivity contribution in [2.45, 2.75) is 18.6 Å². The number of amides is 1. The summed E-state index contributed by atoms with van der Waals surface area (Å²) in [6, 6.07) is 10.5. The van der Waals surface area contributed by atoms with Crippen LogP contribution in [0.4, 0.5) is 13.2 Å². The molecule has 0 spiro atoms. The van der Waals surface area contributed by atoms with E-state index < -0.39 is 35.2 Å². The van der Waals surface area contributed by atoms with Gasteiger partial charge in [-0.3, -0.25) is 4.79 Å². The molecule has 0 aliphatic carbocycles. The Balaban J connectivity index is 2.28. The molecule has 0 bridgehead atoms. The summed E-state index contributed by atoms with van der Waals surface area (Å²) in [5.41, 5.74) is -0.833. The van der Waals surface area contributed by atoms with Gasteiger partial charge >= 0.3 is 12.1 Å². The molecule has 26 heavy (non-hydrogen) atoms. The summed E-state index contributed by atoms with van der Waals surface area (Å²) in [5.74, 6) is -1.72. The van der Waals surface area contributed by atoms with Gasteiger partial charge in [0.05, 0.1) is 18.2 Å². The van der Waals surface area contributed by atoms with E-state index in [1.165, 1.54) is 12.1 Å². The topological polar surface area (TPSA) is 55.4 Å². The molecule has 1 atom stereocenters. The van der Waals surface area contributed by atoms with Crippen LogP contribution in [-0.2, 0) is 22.1 Å². The second kappa shape index (κ2) is 8.52. The van der Waals surface area contributed by atoms with Crippen LogP contribution < -0.4 is 5.32 Å². The van der Waals surface area contributed by atoms with Gasteiger partial charge < -0.3 is 10.1 Å². The van der Waals surface area contributed by atoms with E-state index in [1.807, 2.05) is 12.1 Å². The van der Waals surface area contributed by atoms with Crippen LogP contribution in [0.2, 0.25) is 0 Å². The highest BCUT2D eigenvalue weighted by Gasteiger charge is 2.35. The van der Waals surface area contributed by atoms with E-state index in [0.29, 0.717) is 0 Å². The average molecular weight is 477 g/mol. The maximum atomic E-state index is 13.1. The lowest BCUT2D eigenvalue weighted by Crippen LogP contribution is -2.43. The van der Waals surface area contributed by atoms with Crippen LogP contribution in [0.3, 0.4) is 0 Å². The van der Waals surface area contributed by atoms with Crippen molar-refractivity contribution in [2.24, 2.45) is 0 Å². The van der Waals surface area contributed by atoms with Gasteiger partial charge in [0.1, 0.15) is 6.04 Å². The molecule has 4 nitrogen and oxygen atoms in total. The molecular weight excluding hydrogens is 462 g/mol. The Morgan fingerprint density at radius 2 is 1.73 bits per heavy atom. The van der Waals surface area contributed by atoms with E-state index in [2.05, 4.69) is 32.6 Å². The summed E-state index contributed by atoms with van der Waals surface area (Å²) in [6.45, 7) is 0. The second-order valence-corrected chi connectivity index (χ2v) is 6.55. The van der Waals surface area contributed by atoms with Gasteiger partial charge in [-0.15, -0.1) is 0 Å². The molecule has 0 saturated carbocycles. The number of hydrogen-bond acceptors (Lipinski definition) is 3. The van der Waals surface area contributed by atoms with E-state index in [4.69, 9.17) is 0 Å². The molecular formula is C18H15F3INO3. The molecule has 0 aliphatic heterocycles. The van der Waals surface area contributed by atoms with Crippen molar-refractivity contribution in [3.05, 3.63) is 68.8 Å². The van der Waals surface area contributed by atoms with Crippen molar-refractivity contribution in [3.63, 3.8) is 0 Å². The van der Waals surface area contributed by atoms with E-state index in [0.717, 1.165) is 28.4 Å². The molecule has 0 aromatic heterocycles. The van der Waals surface area contributed by atoms with Crippen LogP contribution in [0.1, 0.15) is 21.5 Å². The van der Waals surface area contributed by atoms with Crippen molar-refractivity contribution in [2.75, 3.05) is 7.11 Å². The van der Waals surface area contributed by atoms with E-state index in [9.17, 15) is 22.8 Å². The van der Waals surface area contributed by atoms with Gasteiger partial charge in [-0.1, -0.05) is 30.3 Å². The summed E-state index contributed by atoms with van der Waals surface area (Å²) in [7, 11) is 1.15. The first-order valence-corrected chi connectivity index (χ1v) is 8.60. The predicted molar refractivity (Wildman–Crippen MR) is 97.6 cm³/mol. The molecule has 1 N–H and O–H groups in total. The van der Waals surface area contributed by atoms with Gasteiger partial charge in [-0.05, 0) is 46.4 Å². The third kappa shape index (κ3) is 4.96. The van der Waals surface area contributed by atoms with Crippen molar-refractivity contribution < 1.29 is 27.5 Å². The summed E-state index contributed by atoms with van der Waals surface area (Å²) < 4.78 is 44.8. The number of benzene rings is 2. The maximum absolute atomic E-state index is 13.1. The maximum Gasteiger partial charge on any atom is 0.417 e. The van der Waals surface area contributed by atoms with Crippen LogP contribution in [0.15, 0.2) is 48.5 Å². The number of ether oxygens (including phenoxy) is 1. The van der Waals surface area contributed by atoms with Crippen LogP contribution in [-0.4, -0.2) is 25.0 Å². The first kappa shape index (κ1) is 20.2. The number of rotatable bonds is 5. The Morgan fingerprint density at radius 3 is 2.35 bits per heavy atom. The third-order valence-electron chi connectivity index (χ3n) is 3.65. The molecule has 0 unspecified atom stereocenters. The van der Waals surface area contributed by atoms with Gasteiger partial charge in [0.15, 0.2) is 0 Å². The number of nitrogens with one attached hydrogen (secondary N) is 1. The standard InChI is InChI=1S/C18H15F3INO3/c1-26-17(25)15(10-11-6-2-5-9-14(11)22)23-16(24)12-7-3-4-8-13(12)18(19,20)21/h2-9,15H,10H2,1H3,(H,23,24)/t15-/m0/s1. The first-order chi connectivity index (χ1) is 12.2. The molecule has 2 aromatic carbocycles. The van der Waals surface area contributed by atoms with Crippen LogP contribution in [0.5, 0.6) is 0 Å². The van der Waals surface area contributed by atoms with Gasteiger partial charge in [-0.25, -0.2) is 4.79 Å². The van der Waals surface area contributed by atoms with Crippen LogP contribution >= 0.6 is 22.6 Å². The SMILES string of the molecule is COC(=O)[C@H](Cc1ccccc1I)NC(=O)c1ccccc1C(F)(F)F. The first-order valence-electron chi connectivity index (χ1n) is 7.52. The number of alkyl halides is 3. The van der Waals surface area contributed by atoms with Gasteiger partial charge in [0.25, 0.3) is 5.91 Å². The van der Waals surface area contributed by atoms with Crippen molar-refractivity contribution in [1.29, 1.82) is 0 Å². The van der Waals surface area contributed by atoms with E-state index >= 15 is 0 Å². The zero-order valence-corrected chi connectivity index (χ0v) is 15.8. The molecule has 0 heterocycles. The average Bonchev–Trinajstić information content (AvgIpc) is 2.61. The van der Waals surface area contributed by atoms with Gasteiger partial charge in [0, 0.05) is 9.99 Å². The summed E-state index contributed by atoms with van der Waals surface area (Å²) in [5, 5.41) is 2.36. The fourth-order valence-electron chi connectivity index (χ4n) is 2.38. The Kier molecular flexibility index (Phi) is 6.63. The fourth-order valence-corrected chi connectivity index (χ4v) is 2.99. The molecule has 0 aliphatic rings. The molecule has 0 fully saturated rings. The van der Waals surface area contributed by atoms with Gasteiger partial charge in [-0.2, -0.15) is 13.2 Å². The molecule has 0 radical (unpaired) electrons. The van der Waals surface area contributed by atoms with E-state index in [1.54, 1.807) is 12.1 Å². The number of halogens is 4. The number of esters is 1. The quantitative estimate of drug-likeness (QED) is 0.527. The molecule has 1 amide bonds. The lowest BCUT2D eigenvalue weighted by molar-refractivity contribution is -0.142. The molecule has 138 valence electrons. The Bertz CT molecular complexity index is 808. The smallest absolute Gasteiger partial charge is 0.417 e. The minimum atomic E-state index is -4.68. The minimum absolute atomic E-state index is 0.103. The fraction of sp³-hybridized carbons (Fsp3) is 0.222. The lowest BCUT2D eigenvalue weighted by atomic mass is 10.0. The van der Waals surface area contributed by atoms with Crippen molar-refractivity contribution in [3.8, 4) is 0 Å². The summed E-state index contributed by atoms with van der Waals surface area (Å²) in [6.07, 6.45) is -4.57. The second-order valence-electron chi connectivity index (χ2n) is 5.39. The highest BCUT2D eigenvalue weighted by molar-refractivity contribution is 14.1. The number of carbonyl (C=O) groups is 2. The largest absolute Gasteiger partial charge is 0.467 e. The molecule has 0 saturated heterocycles. The molecule has 2 rings (SSSR count). The van der Waals surface area contributed by atoms with Crippen LogP contribution in [0.25, 0.3) is 0 Å². The lowest BCUT2D eigenvalue weighted by Gasteiger charge is -2.19. The predicted octanol–water partition coefficient (Wildman–Crippen LogP) is 3.82. The summed E-state index contributed by atoms with van der Waals surface area (Å²) in [4.78, 5) is 24.4.